The fraction of sp³-hybridized carbons (Fsp3) is 0.344. The molecule has 39 heavy (non-hydrogen) atoms. The number of aromatic nitrogens is 2. The molecule has 7 heteroatoms. The van der Waals surface area contributed by atoms with Crippen molar-refractivity contribution in [3.8, 4) is 5.69 Å². The summed E-state index contributed by atoms with van der Waals surface area (Å²) in [6, 6.07) is 19.3. The Morgan fingerprint density at radius 3 is 2.51 bits per heavy atom. The summed E-state index contributed by atoms with van der Waals surface area (Å²) in [5.41, 5.74) is 1.04. The van der Waals surface area contributed by atoms with E-state index in [0.717, 1.165) is 40.6 Å². The van der Waals surface area contributed by atoms with Gasteiger partial charge in [-0.15, -0.1) is 0 Å². The molecule has 3 nitrogen and oxygen atoms in total. The van der Waals surface area contributed by atoms with Crippen molar-refractivity contribution in [3.05, 3.63) is 101 Å². The highest BCUT2D eigenvalue weighted by Gasteiger charge is 2.63. The van der Waals surface area contributed by atoms with E-state index in [1.54, 1.807) is 47.3 Å². The molecule has 0 aliphatic heterocycles. The number of hydrogen-bond donors (Lipinski definition) is 1. The van der Waals surface area contributed by atoms with Crippen molar-refractivity contribution in [1.82, 2.24) is 9.78 Å². The van der Waals surface area contributed by atoms with E-state index in [2.05, 4.69) is 17.2 Å². The van der Waals surface area contributed by atoms with E-state index in [-0.39, 0.29) is 30.1 Å². The standard InChI is InChI=1S/C32H30F4N2O/c1-2-30-18-25(15-21-7-4-3-5-8-21)31(39,32(34,35)36)19-24(30)10-6-9-22-17-29-23(16-28(22)30)20-37-38(29)27-13-11-26(33)12-14-27/h3-5,7-8,11-17,20,24,39H,2,6,9-10,18-19H2,1H3/t24-,30-,31+/m0/s1. The molecule has 1 saturated carbocycles. The second-order valence-corrected chi connectivity index (χ2v) is 11.0. The van der Waals surface area contributed by atoms with Crippen molar-refractivity contribution in [2.75, 3.05) is 0 Å². The number of hydrogen-bond acceptors (Lipinski definition) is 2. The highest BCUT2D eigenvalue weighted by molar-refractivity contribution is 5.83. The number of fused-ring (bicyclic) bond motifs is 4. The second kappa shape index (κ2) is 9.33. The quantitative estimate of drug-likeness (QED) is 0.271. The minimum atomic E-state index is -4.77. The fourth-order valence-electron chi connectivity index (χ4n) is 6.94. The molecule has 3 atom stereocenters. The Kier molecular flexibility index (Phi) is 6.18. The van der Waals surface area contributed by atoms with Gasteiger partial charge < -0.3 is 5.11 Å². The number of rotatable bonds is 3. The van der Waals surface area contributed by atoms with Gasteiger partial charge in [0.1, 0.15) is 5.82 Å². The van der Waals surface area contributed by atoms with Crippen LogP contribution < -0.4 is 0 Å². The SMILES string of the molecule is CC[C@]12CC(=Cc3ccccc3)[C@@](O)(C(F)(F)F)C[C@@H]1CCCc1cc3c(cnn3-c3ccc(F)cc3)cc12. The van der Waals surface area contributed by atoms with Crippen LogP contribution in [-0.4, -0.2) is 26.7 Å². The molecule has 2 aliphatic rings. The van der Waals surface area contributed by atoms with E-state index in [4.69, 9.17) is 0 Å². The van der Waals surface area contributed by atoms with Gasteiger partial charge in [-0.3, -0.25) is 0 Å². The minimum Gasteiger partial charge on any atom is -0.376 e. The van der Waals surface area contributed by atoms with E-state index in [1.807, 2.05) is 13.0 Å². The number of alkyl halides is 3. The maximum absolute atomic E-state index is 14.5. The van der Waals surface area contributed by atoms with Gasteiger partial charge in [0.05, 0.1) is 17.4 Å². The molecule has 0 radical (unpaired) electrons. The summed E-state index contributed by atoms with van der Waals surface area (Å²) in [5, 5.41) is 16.8. The molecule has 2 aliphatic carbocycles. The first-order chi connectivity index (χ1) is 18.6. The van der Waals surface area contributed by atoms with Gasteiger partial charge in [-0.25, -0.2) is 9.07 Å². The lowest BCUT2D eigenvalue weighted by Gasteiger charge is -2.51. The predicted molar refractivity (Wildman–Crippen MR) is 144 cm³/mol. The first kappa shape index (κ1) is 25.8. The molecule has 3 aromatic carbocycles. The Labute approximate surface area is 224 Å². The van der Waals surface area contributed by atoms with E-state index in [9.17, 15) is 22.7 Å². The van der Waals surface area contributed by atoms with Crippen LogP contribution in [0.25, 0.3) is 22.7 Å². The van der Waals surface area contributed by atoms with Crippen molar-refractivity contribution in [3.63, 3.8) is 0 Å². The van der Waals surface area contributed by atoms with Crippen LogP contribution >= 0.6 is 0 Å². The largest absolute Gasteiger partial charge is 0.421 e. The third-order valence-corrected chi connectivity index (χ3v) is 9.00. The van der Waals surface area contributed by atoms with Crippen LogP contribution in [0, 0.1) is 11.7 Å². The zero-order valence-corrected chi connectivity index (χ0v) is 21.7. The fourth-order valence-corrected chi connectivity index (χ4v) is 6.94. The zero-order valence-electron chi connectivity index (χ0n) is 21.7. The maximum atomic E-state index is 14.5. The molecule has 4 aromatic rings. The predicted octanol–water partition coefficient (Wildman–Crippen LogP) is 7.94. The second-order valence-electron chi connectivity index (χ2n) is 11.0. The van der Waals surface area contributed by atoms with Gasteiger partial charge in [0.25, 0.3) is 0 Å². The number of nitrogens with zero attached hydrogens (tertiary/aromatic N) is 2. The Balaban J connectivity index is 1.52. The lowest BCUT2D eigenvalue weighted by atomic mass is 9.55. The summed E-state index contributed by atoms with van der Waals surface area (Å²) >= 11 is 0. The van der Waals surface area contributed by atoms with Gasteiger partial charge in [0, 0.05) is 10.8 Å². The molecule has 1 heterocycles. The molecule has 0 bridgehead atoms. The maximum Gasteiger partial charge on any atom is 0.421 e. The van der Waals surface area contributed by atoms with Crippen LogP contribution in [0.1, 0.15) is 55.7 Å². The molecule has 0 spiro atoms. The topological polar surface area (TPSA) is 38.1 Å². The molecular weight excluding hydrogens is 504 g/mol. The smallest absolute Gasteiger partial charge is 0.376 e. The monoisotopic (exact) mass is 534 g/mol. The van der Waals surface area contributed by atoms with E-state index in [0.29, 0.717) is 18.4 Å². The van der Waals surface area contributed by atoms with Gasteiger partial charge >= 0.3 is 6.18 Å². The molecular formula is C32H30F4N2O. The number of benzene rings is 3. The third-order valence-electron chi connectivity index (χ3n) is 9.00. The Hall–Kier alpha value is -3.45. The molecule has 1 N–H and O–H groups in total. The zero-order chi connectivity index (χ0) is 27.4. The minimum absolute atomic E-state index is 0.0225. The van der Waals surface area contributed by atoms with Gasteiger partial charge in [0.2, 0.25) is 0 Å². The van der Waals surface area contributed by atoms with Gasteiger partial charge in [-0.05, 0) is 103 Å². The number of halogens is 4. The summed E-state index contributed by atoms with van der Waals surface area (Å²) in [5.74, 6) is -0.650. The molecule has 1 aromatic heterocycles. The summed E-state index contributed by atoms with van der Waals surface area (Å²) in [6.07, 6.45) is 1.04. The summed E-state index contributed by atoms with van der Waals surface area (Å²) in [7, 11) is 0. The molecule has 0 amide bonds. The van der Waals surface area contributed by atoms with Crippen molar-refractivity contribution >= 4 is 17.0 Å². The van der Waals surface area contributed by atoms with E-state index >= 15 is 0 Å². The third kappa shape index (κ3) is 4.18. The van der Waals surface area contributed by atoms with Crippen molar-refractivity contribution < 1.29 is 22.7 Å². The Bertz CT molecular complexity index is 1540. The average Bonchev–Trinajstić information content (AvgIpc) is 3.26. The summed E-state index contributed by atoms with van der Waals surface area (Å²) in [6.45, 7) is 2.05. The van der Waals surface area contributed by atoms with Crippen LogP contribution in [0.4, 0.5) is 17.6 Å². The lowest BCUT2D eigenvalue weighted by molar-refractivity contribution is -0.258. The van der Waals surface area contributed by atoms with Crippen LogP contribution in [0.15, 0.2) is 78.5 Å². The molecule has 202 valence electrons. The molecule has 1 fully saturated rings. The normalized spacial score (nSPS) is 26.3. The summed E-state index contributed by atoms with van der Waals surface area (Å²) < 4.78 is 58.9. The van der Waals surface area contributed by atoms with Crippen LogP contribution in [0.5, 0.6) is 0 Å². The van der Waals surface area contributed by atoms with Crippen LogP contribution in [0.3, 0.4) is 0 Å². The van der Waals surface area contributed by atoms with Crippen LogP contribution in [0.2, 0.25) is 0 Å². The van der Waals surface area contributed by atoms with Gasteiger partial charge in [-0.2, -0.15) is 18.3 Å². The first-order valence-electron chi connectivity index (χ1n) is 13.5. The summed E-state index contributed by atoms with van der Waals surface area (Å²) in [4.78, 5) is 0. The Morgan fingerprint density at radius 2 is 1.82 bits per heavy atom. The lowest BCUT2D eigenvalue weighted by Crippen LogP contribution is -2.56. The first-order valence-corrected chi connectivity index (χ1v) is 13.5. The average molecular weight is 535 g/mol. The molecule has 0 saturated heterocycles. The number of aliphatic hydroxyl groups is 1. The molecule has 0 unspecified atom stereocenters. The highest BCUT2D eigenvalue weighted by atomic mass is 19.4. The number of aryl methyl sites for hydroxylation is 1. The van der Waals surface area contributed by atoms with Crippen molar-refractivity contribution in [2.45, 2.75) is 62.6 Å². The van der Waals surface area contributed by atoms with Gasteiger partial charge in [-0.1, -0.05) is 43.3 Å². The van der Waals surface area contributed by atoms with E-state index < -0.39 is 17.2 Å². The van der Waals surface area contributed by atoms with E-state index in [1.165, 1.54) is 18.2 Å². The van der Waals surface area contributed by atoms with Gasteiger partial charge in [0.15, 0.2) is 5.60 Å². The van der Waals surface area contributed by atoms with Crippen LogP contribution in [-0.2, 0) is 11.8 Å². The highest BCUT2D eigenvalue weighted by Crippen LogP contribution is 2.59. The van der Waals surface area contributed by atoms with Crippen molar-refractivity contribution in [2.24, 2.45) is 5.92 Å². The van der Waals surface area contributed by atoms with Crippen molar-refractivity contribution in [1.29, 1.82) is 0 Å². The Morgan fingerprint density at radius 1 is 1.08 bits per heavy atom. The molecule has 6 rings (SSSR count).